The zero-order valence-corrected chi connectivity index (χ0v) is 10.9. The fourth-order valence-corrected chi connectivity index (χ4v) is 2.62. The lowest BCUT2D eigenvalue weighted by molar-refractivity contribution is -0.120. The van der Waals surface area contributed by atoms with Crippen molar-refractivity contribution in [2.75, 3.05) is 0 Å². The second-order valence-electron chi connectivity index (χ2n) is 5.92. The molecule has 0 aliphatic heterocycles. The van der Waals surface area contributed by atoms with Crippen molar-refractivity contribution in [3.63, 3.8) is 0 Å². The quantitative estimate of drug-likeness (QED) is 0.752. The summed E-state index contributed by atoms with van der Waals surface area (Å²) in [5.41, 5.74) is 6.11. The molecule has 1 aliphatic rings. The van der Waals surface area contributed by atoms with Crippen LogP contribution in [0.4, 0.5) is 0 Å². The molecule has 94 valence electrons. The average Bonchev–Trinajstić information content (AvgIpc) is 2.17. The molecule has 0 spiro atoms. The molecule has 0 aromatic carbocycles. The van der Waals surface area contributed by atoms with Crippen molar-refractivity contribution in [3.05, 3.63) is 0 Å². The van der Waals surface area contributed by atoms with Gasteiger partial charge in [0.05, 0.1) is 0 Å². The summed E-state index contributed by atoms with van der Waals surface area (Å²) < 4.78 is 0. The van der Waals surface area contributed by atoms with E-state index < -0.39 is 0 Å². The van der Waals surface area contributed by atoms with E-state index in [4.69, 9.17) is 5.73 Å². The van der Waals surface area contributed by atoms with Gasteiger partial charge in [-0.25, -0.2) is 0 Å². The average molecular weight is 225 g/mol. The lowest BCUT2D eigenvalue weighted by Gasteiger charge is -2.32. The van der Waals surface area contributed by atoms with E-state index in [1.165, 1.54) is 19.3 Å². The van der Waals surface area contributed by atoms with Crippen LogP contribution in [0.25, 0.3) is 0 Å². The van der Waals surface area contributed by atoms with Crippen molar-refractivity contribution < 1.29 is 4.79 Å². The molecule has 1 rings (SSSR count). The van der Waals surface area contributed by atoms with E-state index in [9.17, 15) is 4.79 Å². The standard InChI is InChI=1S/C14H27NO/c1-12(2)7-6-8-13(16)11-14(15)9-4-3-5-10-14/h12H,3-11,15H2,1-2H3. The largest absolute Gasteiger partial charge is 0.325 e. The van der Waals surface area contributed by atoms with Crippen LogP contribution < -0.4 is 5.73 Å². The molecule has 0 heterocycles. The van der Waals surface area contributed by atoms with Gasteiger partial charge in [0.15, 0.2) is 0 Å². The van der Waals surface area contributed by atoms with Gasteiger partial charge in [-0.1, -0.05) is 39.5 Å². The molecular weight excluding hydrogens is 198 g/mol. The van der Waals surface area contributed by atoms with E-state index in [2.05, 4.69) is 13.8 Å². The molecular formula is C14H27NO. The van der Waals surface area contributed by atoms with Crippen LogP contribution in [0.2, 0.25) is 0 Å². The molecule has 2 N–H and O–H groups in total. The number of carbonyl (C=O) groups is 1. The molecule has 0 aromatic heterocycles. The summed E-state index contributed by atoms with van der Waals surface area (Å²) in [6.45, 7) is 4.41. The van der Waals surface area contributed by atoms with Crippen LogP contribution >= 0.6 is 0 Å². The van der Waals surface area contributed by atoms with Crippen LogP contribution in [0.1, 0.15) is 71.6 Å². The fourth-order valence-electron chi connectivity index (χ4n) is 2.62. The predicted octanol–water partition coefficient (Wildman–Crippen LogP) is 3.43. The smallest absolute Gasteiger partial charge is 0.134 e. The Balaban J connectivity index is 2.22. The minimum absolute atomic E-state index is 0.160. The van der Waals surface area contributed by atoms with Crippen molar-refractivity contribution >= 4 is 5.78 Å². The van der Waals surface area contributed by atoms with Gasteiger partial charge >= 0.3 is 0 Å². The molecule has 1 saturated carbocycles. The van der Waals surface area contributed by atoms with E-state index in [-0.39, 0.29) is 5.54 Å². The summed E-state index contributed by atoms with van der Waals surface area (Å²) in [7, 11) is 0. The van der Waals surface area contributed by atoms with Gasteiger partial charge in [-0.15, -0.1) is 0 Å². The molecule has 0 unspecified atom stereocenters. The van der Waals surface area contributed by atoms with Gasteiger partial charge < -0.3 is 5.73 Å². The van der Waals surface area contributed by atoms with Crippen LogP contribution in [0, 0.1) is 5.92 Å². The minimum atomic E-state index is -0.160. The van der Waals surface area contributed by atoms with Crippen LogP contribution in [0.15, 0.2) is 0 Å². The Labute approximate surface area is 100.0 Å². The van der Waals surface area contributed by atoms with Gasteiger partial charge in [-0.3, -0.25) is 4.79 Å². The summed E-state index contributed by atoms with van der Waals surface area (Å²) in [6.07, 6.45) is 9.33. The Morgan fingerprint density at radius 3 is 2.44 bits per heavy atom. The molecule has 0 radical (unpaired) electrons. The highest BCUT2D eigenvalue weighted by Crippen LogP contribution is 2.29. The summed E-state index contributed by atoms with van der Waals surface area (Å²) in [4.78, 5) is 11.8. The first-order valence-electron chi connectivity index (χ1n) is 6.82. The number of hydrogen-bond donors (Lipinski definition) is 1. The van der Waals surface area contributed by atoms with Crippen LogP contribution in [0.3, 0.4) is 0 Å². The number of rotatable bonds is 6. The van der Waals surface area contributed by atoms with Gasteiger partial charge in [0, 0.05) is 18.4 Å². The van der Waals surface area contributed by atoms with E-state index in [0.29, 0.717) is 18.1 Å². The summed E-state index contributed by atoms with van der Waals surface area (Å²) in [5.74, 6) is 1.08. The number of Topliss-reactive ketones (excluding diaryl/α,β-unsaturated/α-hetero) is 1. The van der Waals surface area contributed by atoms with Gasteiger partial charge in [0.2, 0.25) is 0 Å². The fraction of sp³-hybridized carbons (Fsp3) is 0.929. The maximum atomic E-state index is 11.8. The molecule has 1 aliphatic carbocycles. The third kappa shape index (κ3) is 5.11. The normalized spacial score (nSPS) is 20.0. The van der Waals surface area contributed by atoms with Crippen LogP contribution in [-0.2, 0) is 4.79 Å². The van der Waals surface area contributed by atoms with E-state index in [0.717, 1.165) is 32.1 Å². The number of nitrogens with two attached hydrogens (primary N) is 1. The Kier molecular flexibility index (Phi) is 5.47. The Hall–Kier alpha value is -0.370. The highest BCUT2D eigenvalue weighted by atomic mass is 16.1. The minimum Gasteiger partial charge on any atom is -0.325 e. The number of carbonyl (C=O) groups excluding carboxylic acids is 1. The maximum absolute atomic E-state index is 11.8. The Bertz CT molecular complexity index is 217. The number of hydrogen-bond acceptors (Lipinski definition) is 2. The highest BCUT2D eigenvalue weighted by Gasteiger charge is 2.29. The van der Waals surface area contributed by atoms with Gasteiger partial charge in [0.25, 0.3) is 0 Å². The molecule has 1 fully saturated rings. The van der Waals surface area contributed by atoms with E-state index in [1.54, 1.807) is 0 Å². The number of ketones is 1. The lowest BCUT2D eigenvalue weighted by Crippen LogP contribution is -2.43. The van der Waals surface area contributed by atoms with Crippen LogP contribution in [-0.4, -0.2) is 11.3 Å². The molecule has 0 aromatic rings. The van der Waals surface area contributed by atoms with E-state index in [1.807, 2.05) is 0 Å². The molecule has 0 amide bonds. The zero-order chi connectivity index (χ0) is 12.0. The maximum Gasteiger partial charge on any atom is 0.134 e. The molecule has 2 heteroatoms. The summed E-state index contributed by atoms with van der Waals surface area (Å²) in [6, 6.07) is 0. The van der Waals surface area contributed by atoms with Gasteiger partial charge in [-0.2, -0.15) is 0 Å². The van der Waals surface area contributed by atoms with E-state index >= 15 is 0 Å². The topological polar surface area (TPSA) is 43.1 Å². The first kappa shape index (κ1) is 13.7. The van der Waals surface area contributed by atoms with Gasteiger partial charge in [0.1, 0.15) is 5.78 Å². The monoisotopic (exact) mass is 225 g/mol. The van der Waals surface area contributed by atoms with Crippen LogP contribution in [0.5, 0.6) is 0 Å². The Morgan fingerprint density at radius 1 is 1.25 bits per heavy atom. The first-order valence-corrected chi connectivity index (χ1v) is 6.82. The van der Waals surface area contributed by atoms with Crippen molar-refractivity contribution in [3.8, 4) is 0 Å². The molecule has 2 nitrogen and oxygen atoms in total. The zero-order valence-electron chi connectivity index (χ0n) is 10.9. The highest BCUT2D eigenvalue weighted by molar-refractivity contribution is 5.79. The molecule has 0 bridgehead atoms. The predicted molar refractivity (Wildman–Crippen MR) is 68.3 cm³/mol. The first-order chi connectivity index (χ1) is 7.52. The van der Waals surface area contributed by atoms with Crippen molar-refractivity contribution in [1.82, 2.24) is 0 Å². The SMILES string of the molecule is CC(C)CCCC(=O)CC1(N)CCCCC1. The summed E-state index contributed by atoms with van der Waals surface area (Å²) >= 11 is 0. The van der Waals surface area contributed by atoms with Crippen molar-refractivity contribution in [2.24, 2.45) is 11.7 Å². The van der Waals surface area contributed by atoms with Gasteiger partial charge in [-0.05, 0) is 25.2 Å². The third-order valence-corrected chi connectivity index (χ3v) is 3.64. The third-order valence-electron chi connectivity index (χ3n) is 3.64. The molecule has 0 atom stereocenters. The Morgan fingerprint density at radius 2 is 1.88 bits per heavy atom. The second kappa shape index (κ2) is 6.39. The molecule has 0 saturated heterocycles. The molecule has 16 heavy (non-hydrogen) atoms. The second-order valence-corrected chi connectivity index (χ2v) is 5.92. The summed E-state index contributed by atoms with van der Waals surface area (Å²) in [5, 5.41) is 0. The van der Waals surface area contributed by atoms with Crippen molar-refractivity contribution in [2.45, 2.75) is 77.2 Å². The lowest BCUT2D eigenvalue weighted by atomic mass is 9.78. The van der Waals surface area contributed by atoms with Crippen molar-refractivity contribution in [1.29, 1.82) is 0 Å².